The Morgan fingerprint density at radius 1 is 1.18 bits per heavy atom. The van der Waals surface area contributed by atoms with E-state index >= 15 is 0 Å². The number of carboxylic acid groups (broad SMARTS) is 1. The molecule has 0 spiro atoms. The van der Waals surface area contributed by atoms with Crippen LogP contribution in [0.3, 0.4) is 0 Å². The van der Waals surface area contributed by atoms with E-state index in [2.05, 4.69) is 0 Å². The van der Waals surface area contributed by atoms with Gasteiger partial charge in [-0.25, -0.2) is 0 Å². The Morgan fingerprint density at radius 3 is 2.39 bits per heavy atom. The third kappa shape index (κ3) is 5.72. The zero-order valence-electron chi connectivity index (χ0n) is 16.3. The minimum Gasteiger partial charge on any atom is -0.480 e. The van der Waals surface area contributed by atoms with E-state index < -0.39 is 30.9 Å². The van der Waals surface area contributed by atoms with Crippen molar-refractivity contribution in [3.8, 4) is 0 Å². The van der Waals surface area contributed by atoms with Crippen LogP contribution < -0.4 is 0 Å². The number of Topliss-reactive ketones (excluding diaryl/α,β-unsaturated/α-hetero) is 1. The molecule has 28 heavy (non-hydrogen) atoms. The smallest absolute Gasteiger partial charge is 0.338 e. The van der Waals surface area contributed by atoms with Gasteiger partial charge in [0.15, 0.2) is 5.78 Å². The first-order valence-electron chi connectivity index (χ1n) is 9.42. The van der Waals surface area contributed by atoms with E-state index in [1.165, 1.54) is 5.06 Å². The summed E-state index contributed by atoms with van der Waals surface area (Å²) in [5.74, 6) is -1.90. The molecule has 0 aliphatic carbocycles. The lowest BCUT2D eigenvalue weighted by Crippen LogP contribution is -2.53. The number of ketones is 1. The van der Waals surface area contributed by atoms with Crippen molar-refractivity contribution in [1.82, 2.24) is 5.06 Å². The molecule has 1 heterocycles. The van der Waals surface area contributed by atoms with Crippen LogP contribution in [0.1, 0.15) is 32.3 Å². The van der Waals surface area contributed by atoms with Crippen LogP contribution in [0.4, 0.5) is 0 Å². The van der Waals surface area contributed by atoms with Gasteiger partial charge in [0.1, 0.15) is 11.6 Å². The van der Waals surface area contributed by atoms with Gasteiger partial charge in [-0.2, -0.15) is 5.06 Å². The molecule has 1 saturated heterocycles. The molecule has 1 unspecified atom stereocenters. The minimum absolute atomic E-state index is 0.105. The van der Waals surface area contributed by atoms with Crippen molar-refractivity contribution in [3.63, 3.8) is 0 Å². The van der Waals surface area contributed by atoms with Gasteiger partial charge in [0.25, 0.3) is 0 Å². The Morgan fingerprint density at radius 2 is 1.82 bits per heavy atom. The van der Waals surface area contributed by atoms with Crippen LogP contribution in [0, 0.1) is 5.41 Å². The highest BCUT2D eigenvalue weighted by atomic mass is 31.2. The van der Waals surface area contributed by atoms with E-state index in [1.807, 2.05) is 30.3 Å². The molecule has 0 saturated carbocycles. The van der Waals surface area contributed by atoms with Crippen LogP contribution in [0.2, 0.25) is 0 Å². The Balaban J connectivity index is 2.11. The number of piperidine rings is 1. The van der Waals surface area contributed by atoms with Gasteiger partial charge < -0.3 is 14.2 Å². The average Bonchev–Trinajstić information content (AvgIpc) is 2.67. The fraction of sp³-hybridized carbons (Fsp3) is 0.579. The predicted octanol–water partition coefficient (Wildman–Crippen LogP) is 3.12. The normalized spacial score (nSPS) is 20.8. The van der Waals surface area contributed by atoms with E-state index in [4.69, 9.17) is 13.9 Å². The summed E-state index contributed by atoms with van der Waals surface area (Å²) in [7, 11) is -3.68. The number of nitrogens with zero attached hydrogens (tertiary/aromatic N) is 1. The molecule has 1 aliphatic rings. The van der Waals surface area contributed by atoms with Gasteiger partial charge in [-0.1, -0.05) is 30.3 Å². The van der Waals surface area contributed by atoms with E-state index in [0.29, 0.717) is 13.0 Å². The lowest BCUT2D eigenvalue weighted by atomic mass is 9.77. The van der Waals surface area contributed by atoms with E-state index in [-0.39, 0.29) is 32.8 Å². The van der Waals surface area contributed by atoms with Gasteiger partial charge in [-0.05, 0) is 32.3 Å². The number of carboxylic acids is 1. The minimum atomic E-state index is -3.68. The summed E-state index contributed by atoms with van der Waals surface area (Å²) in [5, 5.41) is 11.4. The molecule has 0 bridgehead atoms. The maximum absolute atomic E-state index is 13.0. The van der Waals surface area contributed by atoms with Crippen molar-refractivity contribution >= 4 is 19.3 Å². The number of carbonyl (C=O) groups is 2. The van der Waals surface area contributed by atoms with Crippen LogP contribution in [0.25, 0.3) is 0 Å². The third-order valence-corrected chi connectivity index (χ3v) is 6.62. The monoisotopic (exact) mass is 413 g/mol. The van der Waals surface area contributed by atoms with Crippen LogP contribution in [0.5, 0.6) is 0 Å². The van der Waals surface area contributed by atoms with Gasteiger partial charge in [0.05, 0.1) is 19.8 Å². The molecule has 1 aliphatic heterocycles. The first-order chi connectivity index (χ1) is 13.3. The average molecular weight is 413 g/mol. The maximum Gasteiger partial charge on any atom is 0.338 e. The van der Waals surface area contributed by atoms with Crippen molar-refractivity contribution in [2.75, 3.05) is 32.5 Å². The SMILES string of the molecule is CCOP(=O)(CC(=O)C1(C(=O)O)CCCN(OCc2ccccc2)C1)OCC. The molecule has 0 aromatic heterocycles. The summed E-state index contributed by atoms with van der Waals surface area (Å²) in [4.78, 5) is 30.8. The number of hydrogen-bond acceptors (Lipinski definition) is 7. The van der Waals surface area contributed by atoms with Gasteiger partial charge >= 0.3 is 13.6 Å². The van der Waals surface area contributed by atoms with E-state index in [9.17, 15) is 19.3 Å². The number of carbonyl (C=O) groups excluding carboxylic acids is 1. The quantitative estimate of drug-likeness (QED) is 0.436. The molecule has 9 heteroatoms. The largest absolute Gasteiger partial charge is 0.480 e. The van der Waals surface area contributed by atoms with Gasteiger partial charge in [0, 0.05) is 13.1 Å². The summed E-state index contributed by atoms with van der Waals surface area (Å²) in [6.07, 6.45) is 0.0680. The fourth-order valence-electron chi connectivity index (χ4n) is 3.24. The number of benzene rings is 1. The van der Waals surface area contributed by atoms with E-state index in [1.54, 1.807) is 13.8 Å². The highest BCUT2D eigenvalue weighted by Gasteiger charge is 2.51. The first-order valence-corrected chi connectivity index (χ1v) is 11.1. The zero-order chi connectivity index (χ0) is 20.6. The van der Waals surface area contributed by atoms with Gasteiger partial charge in [-0.3, -0.25) is 19.0 Å². The van der Waals surface area contributed by atoms with Crippen molar-refractivity contribution in [1.29, 1.82) is 0 Å². The van der Waals surface area contributed by atoms with Crippen molar-refractivity contribution in [2.45, 2.75) is 33.3 Å². The lowest BCUT2D eigenvalue weighted by molar-refractivity contribution is -0.208. The molecule has 156 valence electrons. The number of hydrogen-bond donors (Lipinski definition) is 1. The number of aliphatic carboxylic acids is 1. The summed E-state index contributed by atoms with van der Waals surface area (Å²) < 4.78 is 23.0. The second-order valence-corrected chi connectivity index (χ2v) is 8.70. The molecule has 1 aromatic carbocycles. The summed E-state index contributed by atoms with van der Waals surface area (Å²) in [6.45, 7) is 4.19. The topological polar surface area (TPSA) is 102 Å². The summed E-state index contributed by atoms with van der Waals surface area (Å²) in [6, 6.07) is 9.48. The van der Waals surface area contributed by atoms with Gasteiger partial charge in [-0.15, -0.1) is 0 Å². The van der Waals surface area contributed by atoms with Crippen molar-refractivity contribution < 1.29 is 33.1 Å². The lowest BCUT2D eigenvalue weighted by Gasteiger charge is -2.38. The molecular weight excluding hydrogens is 385 g/mol. The molecule has 1 N–H and O–H groups in total. The maximum atomic E-state index is 13.0. The Labute approximate surface area is 165 Å². The third-order valence-electron chi connectivity index (χ3n) is 4.65. The molecule has 1 atom stereocenters. The van der Waals surface area contributed by atoms with Crippen molar-refractivity contribution in [3.05, 3.63) is 35.9 Å². The molecule has 0 radical (unpaired) electrons. The standard InChI is InChI=1S/C19H28NO7P/c1-3-26-28(24,27-4-2)14-17(21)19(18(22)23)11-8-12-20(15-19)25-13-16-9-6-5-7-10-16/h5-7,9-10H,3-4,8,11-15H2,1-2H3,(H,22,23). The second kappa shape index (κ2) is 10.3. The van der Waals surface area contributed by atoms with Crippen LogP contribution in [-0.4, -0.2) is 54.4 Å². The molecular formula is C19H28NO7P. The van der Waals surface area contributed by atoms with E-state index in [0.717, 1.165) is 5.56 Å². The molecule has 1 fully saturated rings. The summed E-state index contributed by atoms with van der Waals surface area (Å²) >= 11 is 0. The Kier molecular flexibility index (Phi) is 8.34. The predicted molar refractivity (Wildman–Crippen MR) is 103 cm³/mol. The van der Waals surface area contributed by atoms with Gasteiger partial charge in [0.2, 0.25) is 0 Å². The molecule has 2 rings (SSSR count). The molecule has 8 nitrogen and oxygen atoms in total. The highest BCUT2D eigenvalue weighted by molar-refractivity contribution is 7.54. The van der Waals surface area contributed by atoms with Crippen LogP contribution >= 0.6 is 7.60 Å². The fourth-order valence-corrected chi connectivity index (χ4v) is 4.94. The number of rotatable bonds is 11. The Hall–Kier alpha value is -1.57. The van der Waals surface area contributed by atoms with Crippen molar-refractivity contribution in [2.24, 2.45) is 5.41 Å². The molecule has 0 amide bonds. The Bertz CT molecular complexity index is 701. The van der Waals surface area contributed by atoms with Crippen LogP contribution in [0.15, 0.2) is 30.3 Å². The van der Waals surface area contributed by atoms with Crippen LogP contribution in [-0.2, 0) is 34.6 Å². The highest BCUT2D eigenvalue weighted by Crippen LogP contribution is 2.50. The number of hydroxylamine groups is 2. The summed E-state index contributed by atoms with van der Waals surface area (Å²) in [5.41, 5.74) is -0.753. The zero-order valence-corrected chi connectivity index (χ0v) is 17.2. The second-order valence-electron chi connectivity index (χ2n) is 6.64. The first kappa shape index (κ1) is 22.7. The molecule has 1 aromatic rings.